The molecule has 1 fully saturated rings. The SMILES string of the molecule is CN1CCOC(CNCc2ccc(-n3cnc4ccccc43)cc2)C1. The lowest BCUT2D eigenvalue weighted by atomic mass is 10.2. The highest BCUT2D eigenvalue weighted by molar-refractivity contribution is 5.77. The first kappa shape index (κ1) is 16.3. The van der Waals surface area contributed by atoms with Gasteiger partial charge in [-0.05, 0) is 36.9 Å². The molecular weight excluding hydrogens is 312 g/mol. The molecule has 0 spiro atoms. The van der Waals surface area contributed by atoms with Crippen molar-refractivity contribution in [1.29, 1.82) is 0 Å². The Morgan fingerprint density at radius 1 is 1.16 bits per heavy atom. The van der Waals surface area contributed by atoms with E-state index in [2.05, 4.69) is 57.1 Å². The van der Waals surface area contributed by atoms with Gasteiger partial charge in [-0.3, -0.25) is 4.57 Å². The van der Waals surface area contributed by atoms with E-state index in [1.165, 1.54) is 5.56 Å². The van der Waals surface area contributed by atoms with E-state index in [0.717, 1.165) is 49.5 Å². The number of rotatable bonds is 5. The van der Waals surface area contributed by atoms with Gasteiger partial charge in [0.1, 0.15) is 6.33 Å². The fourth-order valence-corrected chi connectivity index (χ4v) is 3.31. The van der Waals surface area contributed by atoms with Crippen LogP contribution in [0.15, 0.2) is 54.9 Å². The average molecular weight is 336 g/mol. The minimum atomic E-state index is 0.287. The van der Waals surface area contributed by atoms with E-state index in [9.17, 15) is 0 Å². The molecule has 2 heterocycles. The number of fused-ring (bicyclic) bond motifs is 1. The lowest BCUT2D eigenvalue weighted by Gasteiger charge is -2.30. The van der Waals surface area contributed by atoms with Gasteiger partial charge in [0, 0.05) is 31.9 Å². The summed E-state index contributed by atoms with van der Waals surface area (Å²) >= 11 is 0. The van der Waals surface area contributed by atoms with Gasteiger partial charge in [0.15, 0.2) is 0 Å². The smallest absolute Gasteiger partial charge is 0.100 e. The third kappa shape index (κ3) is 3.74. The lowest BCUT2D eigenvalue weighted by Crippen LogP contribution is -2.44. The molecule has 1 aliphatic rings. The Hall–Kier alpha value is -2.21. The number of aromatic nitrogens is 2. The van der Waals surface area contributed by atoms with E-state index >= 15 is 0 Å². The van der Waals surface area contributed by atoms with E-state index in [1.807, 2.05) is 24.5 Å². The van der Waals surface area contributed by atoms with Crippen molar-refractivity contribution >= 4 is 11.0 Å². The predicted molar refractivity (Wildman–Crippen MR) is 100 cm³/mol. The van der Waals surface area contributed by atoms with Gasteiger partial charge in [-0.25, -0.2) is 4.98 Å². The summed E-state index contributed by atoms with van der Waals surface area (Å²) in [5, 5.41) is 3.50. The lowest BCUT2D eigenvalue weighted by molar-refractivity contribution is -0.0182. The van der Waals surface area contributed by atoms with Gasteiger partial charge in [-0.1, -0.05) is 24.3 Å². The molecule has 1 saturated heterocycles. The molecule has 1 N–H and O–H groups in total. The number of nitrogens with zero attached hydrogens (tertiary/aromatic N) is 3. The second-order valence-corrected chi connectivity index (χ2v) is 6.66. The van der Waals surface area contributed by atoms with Gasteiger partial charge >= 0.3 is 0 Å². The molecule has 25 heavy (non-hydrogen) atoms. The topological polar surface area (TPSA) is 42.3 Å². The summed E-state index contributed by atoms with van der Waals surface area (Å²) in [7, 11) is 2.15. The van der Waals surface area contributed by atoms with E-state index in [0.29, 0.717) is 0 Å². The minimum absolute atomic E-state index is 0.287. The summed E-state index contributed by atoms with van der Waals surface area (Å²) in [5.74, 6) is 0. The predicted octanol–water partition coefficient (Wildman–Crippen LogP) is 2.45. The molecule has 0 bridgehead atoms. The zero-order valence-corrected chi connectivity index (χ0v) is 14.6. The molecule has 0 amide bonds. The van der Waals surface area contributed by atoms with Crippen LogP contribution in [-0.2, 0) is 11.3 Å². The first-order valence-electron chi connectivity index (χ1n) is 8.82. The molecule has 4 rings (SSSR count). The van der Waals surface area contributed by atoms with Gasteiger partial charge < -0.3 is 15.0 Å². The first-order chi connectivity index (χ1) is 12.3. The van der Waals surface area contributed by atoms with Crippen LogP contribution >= 0.6 is 0 Å². The van der Waals surface area contributed by atoms with Crippen LogP contribution in [0, 0.1) is 0 Å². The van der Waals surface area contributed by atoms with E-state index < -0.39 is 0 Å². The van der Waals surface area contributed by atoms with Gasteiger partial charge in [0.25, 0.3) is 0 Å². The number of hydrogen-bond acceptors (Lipinski definition) is 4. The van der Waals surface area contributed by atoms with Crippen molar-refractivity contribution in [3.63, 3.8) is 0 Å². The number of nitrogens with one attached hydrogen (secondary N) is 1. The molecule has 1 atom stereocenters. The second kappa shape index (κ2) is 7.35. The molecule has 1 aromatic heterocycles. The van der Waals surface area contributed by atoms with Crippen LogP contribution in [0.3, 0.4) is 0 Å². The maximum Gasteiger partial charge on any atom is 0.100 e. The molecule has 130 valence electrons. The molecule has 1 unspecified atom stereocenters. The third-order valence-corrected chi connectivity index (χ3v) is 4.71. The van der Waals surface area contributed by atoms with Gasteiger partial charge in [-0.2, -0.15) is 0 Å². The van der Waals surface area contributed by atoms with Crippen molar-refractivity contribution in [2.24, 2.45) is 0 Å². The number of imidazole rings is 1. The summed E-state index contributed by atoms with van der Waals surface area (Å²) in [4.78, 5) is 6.78. The summed E-state index contributed by atoms with van der Waals surface area (Å²) in [6.45, 7) is 4.60. The summed E-state index contributed by atoms with van der Waals surface area (Å²) in [6.07, 6.45) is 2.17. The van der Waals surface area contributed by atoms with E-state index in [4.69, 9.17) is 4.74 Å². The molecule has 0 saturated carbocycles. The molecular formula is C20H24N4O. The van der Waals surface area contributed by atoms with Crippen LogP contribution in [0.4, 0.5) is 0 Å². The van der Waals surface area contributed by atoms with Crippen molar-refractivity contribution in [3.05, 3.63) is 60.4 Å². The number of hydrogen-bond donors (Lipinski definition) is 1. The number of likely N-dealkylation sites (N-methyl/N-ethyl adjacent to an activating group) is 1. The number of para-hydroxylation sites is 2. The first-order valence-corrected chi connectivity index (χ1v) is 8.82. The van der Waals surface area contributed by atoms with Gasteiger partial charge in [0.2, 0.25) is 0 Å². The molecule has 0 aliphatic carbocycles. The highest BCUT2D eigenvalue weighted by Gasteiger charge is 2.16. The molecule has 0 radical (unpaired) electrons. The number of morpholine rings is 1. The van der Waals surface area contributed by atoms with Crippen LogP contribution in [0.1, 0.15) is 5.56 Å². The molecule has 1 aliphatic heterocycles. The van der Waals surface area contributed by atoms with Crippen molar-refractivity contribution < 1.29 is 4.74 Å². The van der Waals surface area contributed by atoms with Crippen molar-refractivity contribution in [3.8, 4) is 5.69 Å². The third-order valence-electron chi connectivity index (χ3n) is 4.71. The monoisotopic (exact) mass is 336 g/mol. The standard InChI is InChI=1S/C20H24N4O/c1-23-10-11-25-18(14-23)13-21-12-16-6-8-17(9-7-16)24-15-22-19-4-2-3-5-20(19)24/h2-9,15,18,21H,10-14H2,1H3. The van der Waals surface area contributed by atoms with E-state index in [1.54, 1.807) is 0 Å². The van der Waals surface area contributed by atoms with Crippen LogP contribution in [0.5, 0.6) is 0 Å². The van der Waals surface area contributed by atoms with Crippen LogP contribution in [-0.4, -0.2) is 53.8 Å². The minimum Gasteiger partial charge on any atom is -0.374 e. The normalized spacial score (nSPS) is 18.7. The quantitative estimate of drug-likeness (QED) is 0.777. The summed E-state index contributed by atoms with van der Waals surface area (Å²) in [5.41, 5.74) is 4.56. The fraction of sp³-hybridized carbons (Fsp3) is 0.350. The molecule has 5 nitrogen and oxygen atoms in total. The van der Waals surface area contributed by atoms with Crippen LogP contribution in [0.25, 0.3) is 16.7 Å². The molecule has 3 aromatic rings. The van der Waals surface area contributed by atoms with Crippen LogP contribution < -0.4 is 5.32 Å². The number of benzene rings is 2. The average Bonchev–Trinajstić information content (AvgIpc) is 3.07. The Bertz CT molecular complexity index is 827. The summed E-state index contributed by atoms with van der Waals surface area (Å²) < 4.78 is 7.90. The summed E-state index contributed by atoms with van der Waals surface area (Å²) in [6, 6.07) is 16.8. The van der Waals surface area contributed by atoms with Gasteiger partial charge in [0.05, 0.1) is 23.7 Å². The highest BCUT2D eigenvalue weighted by Crippen LogP contribution is 2.18. The van der Waals surface area contributed by atoms with Crippen molar-refractivity contribution in [2.45, 2.75) is 12.6 Å². The highest BCUT2D eigenvalue weighted by atomic mass is 16.5. The Morgan fingerprint density at radius 3 is 2.84 bits per heavy atom. The molecule has 2 aromatic carbocycles. The van der Waals surface area contributed by atoms with Gasteiger partial charge in [-0.15, -0.1) is 0 Å². The maximum absolute atomic E-state index is 5.78. The fourth-order valence-electron chi connectivity index (χ4n) is 3.31. The maximum atomic E-state index is 5.78. The Kier molecular flexibility index (Phi) is 4.78. The number of ether oxygens (including phenoxy) is 1. The second-order valence-electron chi connectivity index (χ2n) is 6.66. The zero-order valence-electron chi connectivity index (χ0n) is 14.6. The van der Waals surface area contributed by atoms with Crippen LogP contribution in [0.2, 0.25) is 0 Å². The molecule has 5 heteroatoms. The van der Waals surface area contributed by atoms with Crippen molar-refractivity contribution in [1.82, 2.24) is 19.8 Å². The Balaban J connectivity index is 1.37. The zero-order chi connectivity index (χ0) is 17.1. The largest absolute Gasteiger partial charge is 0.374 e. The van der Waals surface area contributed by atoms with E-state index in [-0.39, 0.29) is 6.10 Å². The Labute approximate surface area is 148 Å². The van der Waals surface area contributed by atoms with Crippen molar-refractivity contribution in [2.75, 3.05) is 33.3 Å². The Morgan fingerprint density at radius 2 is 2.00 bits per heavy atom.